The fourth-order valence-electron chi connectivity index (χ4n) is 2.94. The molecule has 2 heterocycles. The van der Waals surface area contributed by atoms with Gasteiger partial charge in [-0.1, -0.05) is 26.2 Å². The molecule has 1 aliphatic rings. The van der Waals surface area contributed by atoms with Gasteiger partial charge in [-0.25, -0.2) is 0 Å². The summed E-state index contributed by atoms with van der Waals surface area (Å²) in [4.78, 5) is 15.1. The van der Waals surface area contributed by atoms with Crippen LogP contribution in [0.1, 0.15) is 56.0 Å². The minimum Gasteiger partial charge on any atom is -0.480 e. The van der Waals surface area contributed by atoms with E-state index in [0.29, 0.717) is 6.04 Å². The summed E-state index contributed by atoms with van der Waals surface area (Å²) in [5.74, 6) is -0.707. The highest BCUT2D eigenvalue weighted by atomic mass is 32.1. The Hall–Kier alpha value is -0.870. The SMILES string of the molecule is CCCCCC(C)N1CCc2sccc2C1C(=O)O. The molecule has 0 bridgehead atoms. The van der Waals surface area contributed by atoms with Crippen molar-refractivity contribution in [2.45, 2.75) is 58.0 Å². The van der Waals surface area contributed by atoms with Gasteiger partial charge >= 0.3 is 5.97 Å². The maximum atomic E-state index is 11.6. The zero-order chi connectivity index (χ0) is 13.8. The van der Waals surface area contributed by atoms with Crippen molar-refractivity contribution in [3.05, 3.63) is 21.9 Å². The summed E-state index contributed by atoms with van der Waals surface area (Å²) >= 11 is 1.69. The molecular formula is C15H23NO2S. The monoisotopic (exact) mass is 281 g/mol. The fourth-order valence-corrected chi connectivity index (χ4v) is 3.84. The van der Waals surface area contributed by atoms with Crippen LogP contribution in [-0.4, -0.2) is 28.6 Å². The molecule has 4 heteroatoms. The van der Waals surface area contributed by atoms with Crippen molar-refractivity contribution < 1.29 is 9.90 Å². The van der Waals surface area contributed by atoms with Gasteiger partial charge in [0.05, 0.1) is 0 Å². The van der Waals surface area contributed by atoms with E-state index in [-0.39, 0.29) is 0 Å². The zero-order valence-electron chi connectivity index (χ0n) is 11.8. The highest BCUT2D eigenvalue weighted by Crippen LogP contribution is 2.35. The van der Waals surface area contributed by atoms with Gasteiger partial charge in [-0.15, -0.1) is 11.3 Å². The number of unbranched alkanes of at least 4 members (excludes halogenated alkanes) is 2. The first-order valence-electron chi connectivity index (χ1n) is 7.20. The van der Waals surface area contributed by atoms with E-state index >= 15 is 0 Å². The minimum atomic E-state index is -0.707. The Morgan fingerprint density at radius 2 is 2.37 bits per heavy atom. The molecule has 0 saturated heterocycles. The van der Waals surface area contributed by atoms with E-state index in [2.05, 4.69) is 18.7 Å². The summed E-state index contributed by atoms with van der Waals surface area (Å²) in [6.07, 6.45) is 5.73. The summed E-state index contributed by atoms with van der Waals surface area (Å²) in [6, 6.07) is 1.90. The van der Waals surface area contributed by atoms with Gasteiger partial charge in [0.1, 0.15) is 6.04 Å². The first-order valence-corrected chi connectivity index (χ1v) is 8.08. The minimum absolute atomic E-state index is 0.348. The van der Waals surface area contributed by atoms with E-state index in [1.807, 2.05) is 11.4 Å². The van der Waals surface area contributed by atoms with Crippen LogP contribution in [0.2, 0.25) is 0 Å². The zero-order valence-corrected chi connectivity index (χ0v) is 12.6. The molecule has 1 aromatic heterocycles. The number of nitrogens with zero attached hydrogens (tertiary/aromatic N) is 1. The van der Waals surface area contributed by atoms with Crippen molar-refractivity contribution in [1.29, 1.82) is 0 Å². The Kier molecular flexibility index (Phi) is 4.99. The molecule has 2 atom stereocenters. The average molecular weight is 281 g/mol. The third-order valence-electron chi connectivity index (χ3n) is 4.03. The molecule has 1 aromatic rings. The highest BCUT2D eigenvalue weighted by molar-refractivity contribution is 7.10. The molecule has 106 valence electrons. The second-order valence-electron chi connectivity index (χ2n) is 5.37. The number of carboxylic acid groups (broad SMARTS) is 1. The van der Waals surface area contributed by atoms with Crippen LogP contribution in [0.3, 0.4) is 0 Å². The van der Waals surface area contributed by atoms with Gasteiger partial charge in [0, 0.05) is 17.5 Å². The van der Waals surface area contributed by atoms with Gasteiger partial charge in [-0.05, 0) is 36.8 Å². The summed E-state index contributed by atoms with van der Waals surface area (Å²) in [5, 5.41) is 11.6. The number of hydrogen-bond acceptors (Lipinski definition) is 3. The number of hydrogen-bond donors (Lipinski definition) is 1. The van der Waals surface area contributed by atoms with Crippen LogP contribution in [0.15, 0.2) is 11.4 Å². The van der Waals surface area contributed by atoms with E-state index in [4.69, 9.17) is 0 Å². The topological polar surface area (TPSA) is 40.5 Å². The van der Waals surface area contributed by atoms with Gasteiger partial charge in [0.2, 0.25) is 0 Å². The predicted octanol–water partition coefficient (Wildman–Crippen LogP) is 3.70. The van der Waals surface area contributed by atoms with Crippen molar-refractivity contribution in [2.75, 3.05) is 6.54 Å². The lowest BCUT2D eigenvalue weighted by Gasteiger charge is -2.37. The predicted molar refractivity (Wildman–Crippen MR) is 78.7 cm³/mol. The van der Waals surface area contributed by atoms with Crippen LogP contribution in [-0.2, 0) is 11.2 Å². The first-order chi connectivity index (χ1) is 9.15. The quantitative estimate of drug-likeness (QED) is 0.808. The number of aliphatic carboxylic acids is 1. The van der Waals surface area contributed by atoms with Gasteiger partial charge < -0.3 is 5.11 Å². The van der Waals surface area contributed by atoms with Crippen molar-refractivity contribution in [3.63, 3.8) is 0 Å². The van der Waals surface area contributed by atoms with Crippen molar-refractivity contribution >= 4 is 17.3 Å². The third-order valence-corrected chi connectivity index (χ3v) is 5.03. The number of rotatable bonds is 6. The molecule has 0 aliphatic carbocycles. The summed E-state index contributed by atoms with van der Waals surface area (Å²) < 4.78 is 0. The van der Waals surface area contributed by atoms with Gasteiger partial charge in [0.25, 0.3) is 0 Å². The van der Waals surface area contributed by atoms with Crippen LogP contribution in [0.5, 0.6) is 0 Å². The highest BCUT2D eigenvalue weighted by Gasteiger charge is 2.35. The van der Waals surface area contributed by atoms with Crippen molar-refractivity contribution in [2.24, 2.45) is 0 Å². The van der Waals surface area contributed by atoms with E-state index < -0.39 is 12.0 Å². The van der Waals surface area contributed by atoms with Crippen molar-refractivity contribution in [1.82, 2.24) is 4.90 Å². The molecule has 0 spiro atoms. The summed E-state index contributed by atoms with van der Waals surface area (Å²) in [6.45, 7) is 5.24. The van der Waals surface area contributed by atoms with E-state index in [1.165, 1.54) is 24.1 Å². The van der Waals surface area contributed by atoms with Gasteiger partial charge in [-0.2, -0.15) is 0 Å². The second-order valence-corrected chi connectivity index (χ2v) is 6.37. The number of fused-ring (bicyclic) bond motifs is 1. The Balaban J connectivity index is 2.10. The lowest BCUT2D eigenvalue weighted by Crippen LogP contribution is -2.44. The normalized spacial score (nSPS) is 21.1. The molecule has 0 radical (unpaired) electrons. The molecule has 0 amide bonds. The lowest BCUT2D eigenvalue weighted by atomic mass is 9.96. The first kappa shape index (κ1) is 14.5. The molecule has 19 heavy (non-hydrogen) atoms. The third kappa shape index (κ3) is 3.18. The number of thiophene rings is 1. The molecule has 1 N–H and O–H groups in total. The molecule has 3 nitrogen and oxygen atoms in total. The second kappa shape index (κ2) is 6.53. The largest absolute Gasteiger partial charge is 0.480 e. The Morgan fingerprint density at radius 1 is 1.58 bits per heavy atom. The van der Waals surface area contributed by atoms with E-state index in [1.54, 1.807) is 11.3 Å². The van der Waals surface area contributed by atoms with Crippen LogP contribution in [0, 0.1) is 0 Å². The Labute approximate surface area is 119 Å². The molecule has 1 aliphatic heterocycles. The molecule has 0 aromatic carbocycles. The maximum Gasteiger partial charge on any atom is 0.325 e. The molecular weight excluding hydrogens is 258 g/mol. The summed E-state index contributed by atoms with van der Waals surface area (Å²) in [5.41, 5.74) is 1.02. The lowest BCUT2D eigenvalue weighted by molar-refractivity contribution is -0.145. The Morgan fingerprint density at radius 3 is 3.05 bits per heavy atom. The fraction of sp³-hybridized carbons (Fsp3) is 0.667. The maximum absolute atomic E-state index is 11.6. The standard InChI is InChI=1S/C15H23NO2S/c1-3-4-5-6-11(2)16-9-7-13-12(8-10-19-13)14(16)15(17)18/h8,10-11,14H,3-7,9H2,1-2H3,(H,17,18). The average Bonchev–Trinajstić information content (AvgIpc) is 2.85. The summed E-state index contributed by atoms with van der Waals surface area (Å²) in [7, 11) is 0. The number of carboxylic acids is 1. The number of carbonyl (C=O) groups is 1. The van der Waals surface area contributed by atoms with Crippen molar-refractivity contribution in [3.8, 4) is 0 Å². The van der Waals surface area contributed by atoms with Crippen LogP contribution < -0.4 is 0 Å². The van der Waals surface area contributed by atoms with E-state index in [0.717, 1.165) is 24.9 Å². The van der Waals surface area contributed by atoms with E-state index in [9.17, 15) is 9.90 Å². The van der Waals surface area contributed by atoms with Crippen LogP contribution in [0.25, 0.3) is 0 Å². The van der Waals surface area contributed by atoms with Crippen LogP contribution in [0.4, 0.5) is 0 Å². The molecule has 2 rings (SSSR count). The molecule has 0 fully saturated rings. The Bertz CT molecular complexity index is 430. The van der Waals surface area contributed by atoms with Gasteiger partial charge in [0.15, 0.2) is 0 Å². The molecule has 2 unspecified atom stereocenters. The van der Waals surface area contributed by atoms with Gasteiger partial charge in [-0.3, -0.25) is 9.69 Å². The molecule has 0 saturated carbocycles. The smallest absolute Gasteiger partial charge is 0.325 e. The van der Waals surface area contributed by atoms with Crippen LogP contribution >= 0.6 is 11.3 Å².